The monoisotopic (exact) mass is 454 g/mol. The summed E-state index contributed by atoms with van der Waals surface area (Å²) in [5.41, 5.74) is 3.63. The van der Waals surface area contributed by atoms with E-state index < -0.39 is 0 Å². The lowest BCUT2D eigenvalue weighted by molar-refractivity contribution is 0.103. The maximum absolute atomic E-state index is 13.5. The van der Waals surface area contributed by atoms with Gasteiger partial charge in [-0.2, -0.15) is 5.10 Å². The lowest BCUT2D eigenvalue weighted by atomic mass is 9.86. The number of aliphatic hydroxyl groups excluding tert-OH is 2. The first-order chi connectivity index (χ1) is 16.2. The van der Waals surface area contributed by atoms with E-state index in [1.807, 2.05) is 22.9 Å². The summed E-state index contributed by atoms with van der Waals surface area (Å²) < 4.78 is 1.86. The Hall–Kier alpha value is -2.98. The number of phenolic OH excluding ortho intramolecular Hbond substituents is 1. The number of nitrogens with zero attached hydrogens (tertiary/aromatic N) is 2. The zero-order chi connectivity index (χ0) is 23.8. The third-order valence-electron chi connectivity index (χ3n) is 5.37. The highest BCUT2D eigenvalue weighted by molar-refractivity contribution is 6.28. The number of nitrogens with one attached hydrogen (secondary N) is 3. The van der Waals surface area contributed by atoms with Gasteiger partial charge in [-0.1, -0.05) is 26.0 Å². The molecule has 1 heterocycles. The molecule has 0 spiro atoms. The van der Waals surface area contributed by atoms with Gasteiger partial charge in [0.05, 0.1) is 36.4 Å². The van der Waals surface area contributed by atoms with E-state index in [1.54, 1.807) is 13.0 Å². The number of hydrogen-bond donors (Lipinski definition) is 6. The smallest absolute Gasteiger partial charge is 0.200 e. The van der Waals surface area contributed by atoms with Gasteiger partial charge in [-0.05, 0) is 18.2 Å². The molecule has 0 atom stereocenters. The van der Waals surface area contributed by atoms with E-state index in [9.17, 15) is 9.90 Å². The highest BCUT2D eigenvalue weighted by Gasteiger charge is 2.32. The van der Waals surface area contributed by atoms with Gasteiger partial charge in [0.1, 0.15) is 11.4 Å². The van der Waals surface area contributed by atoms with Crippen molar-refractivity contribution in [3.8, 4) is 17.0 Å². The van der Waals surface area contributed by atoms with Crippen molar-refractivity contribution in [1.29, 1.82) is 0 Å². The minimum atomic E-state index is -0.227. The second kappa shape index (κ2) is 11.8. The number of phenols is 1. The minimum Gasteiger partial charge on any atom is -0.507 e. The molecule has 0 saturated heterocycles. The molecule has 0 bridgehead atoms. The van der Waals surface area contributed by atoms with Gasteiger partial charge in [0.15, 0.2) is 5.78 Å². The number of benzene rings is 2. The molecule has 33 heavy (non-hydrogen) atoms. The topological polar surface area (TPSA) is 132 Å². The normalized spacial score (nSPS) is 11.8. The van der Waals surface area contributed by atoms with E-state index in [-0.39, 0.29) is 30.3 Å². The summed E-state index contributed by atoms with van der Waals surface area (Å²) in [7, 11) is 0. The molecule has 4 rings (SSSR count). The van der Waals surface area contributed by atoms with Crippen LogP contribution < -0.4 is 16.0 Å². The highest BCUT2D eigenvalue weighted by atomic mass is 16.3. The summed E-state index contributed by atoms with van der Waals surface area (Å²) in [6.45, 7) is 8.57. The number of carbonyl (C=O) groups is 1. The quantitative estimate of drug-likeness (QED) is 0.187. The first-order valence-corrected chi connectivity index (χ1v) is 11.2. The van der Waals surface area contributed by atoms with E-state index in [2.05, 4.69) is 22.9 Å². The molecule has 177 valence electrons. The average molecular weight is 455 g/mol. The number of aromatic hydroxyl groups is 1. The summed E-state index contributed by atoms with van der Waals surface area (Å²) in [4.78, 5) is 13.5. The summed E-state index contributed by atoms with van der Waals surface area (Å²) in [5.74, 6) is -0.283. The van der Waals surface area contributed by atoms with Gasteiger partial charge in [-0.15, -0.1) is 0 Å². The van der Waals surface area contributed by atoms with E-state index >= 15 is 0 Å². The fourth-order valence-corrected chi connectivity index (χ4v) is 3.99. The van der Waals surface area contributed by atoms with Crippen molar-refractivity contribution in [1.82, 2.24) is 20.4 Å². The lowest BCUT2D eigenvalue weighted by Crippen LogP contribution is -2.25. The fraction of sp³-hybridized carbons (Fsp3) is 0.375. The Balaban J connectivity index is 0.00000149. The van der Waals surface area contributed by atoms with Crippen LogP contribution in [0, 0.1) is 6.92 Å². The number of carbonyl (C=O) groups excluding carboxylic acids is 1. The van der Waals surface area contributed by atoms with Gasteiger partial charge < -0.3 is 31.3 Å². The summed E-state index contributed by atoms with van der Waals surface area (Å²) in [6, 6.07) is 8.87. The molecule has 1 radical (unpaired) electrons. The first kappa shape index (κ1) is 24.7. The van der Waals surface area contributed by atoms with Gasteiger partial charge in [0, 0.05) is 49.4 Å². The summed E-state index contributed by atoms with van der Waals surface area (Å²) >= 11 is 0. The molecule has 9 nitrogen and oxygen atoms in total. The zero-order valence-corrected chi connectivity index (χ0v) is 18.9. The summed E-state index contributed by atoms with van der Waals surface area (Å²) in [6.07, 6.45) is 0. The molecule has 3 aromatic rings. The zero-order valence-electron chi connectivity index (χ0n) is 18.9. The standard InChI is InChI=1S/C22H27N5O4.C2H5/c28-12-9-23-6-7-25-15-4-5-16-20-19(15)22(31)18-14(2-1-3-17(18)30)21(20)26-27(16)11-8-24-10-13-29;1-2/h1-5,23-25,28-30H,6-13H2;1H2,2H3. The Morgan fingerprint density at radius 2 is 1.67 bits per heavy atom. The Labute approximate surface area is 193 Å². The SMILES string of the molecule is O=C1c2c(O)cccc2-c2nn(CCNCCO)c3ccc(NCCNCCO)c1c23.[CH2]C. The van der Waals surface area contributed by atoms with Crippen LogP contribution in [0.1, 0.15) is 22.8 Å². The predicted octanol–water partition coefficient (Wildman–Crippen LogP) is 1.37. The van der Waals surface area contributed by atoms with E-state index in [1.165, 1.54) is 6.07 Å². The maximum Gasteiger partial charge on any atom is 0.200 e. The molecule has 6 N–H and O–H groups in total. The molecular formula is C24H32N5O4. The van der Waals surface area contributed by atoms with Crippen LogP contribution in [-0.2, 0) is 6.54 Å². The Kier molecular flexibility index (Phi) is 8.79. The highest BCUT2D eigenvalue weighted by Crippen LogP contribution is 2.44. The molecule has 9 heteroatoms. The molecule has 1 aromatic heterocycles. The number of anilines is 1. The molecule has 1 aliphatic carbocycles. The van der Waals surface area contributed by atoms with Gasteiger partial charge in [-0.25, -0.2) is 0 Å². The lowest BCUT2D eigenvalue weighted by Gasteiger charge is -2.19. The molecule has 0 saturated carbocycles. The maximum atomic E-state index is 13.5. The molecular weight excluding hydrogens is 422 g/mol. The molecule has 0 aliphatic heterocycles. The Bertz CT molecular complexity index is 1100. The van der Waals surface area contributed by atoms with Crippen molar-refractivity contribution in [2.24, 2.45) is 0 Å². The predicted molar refractivity (Wildman–Crippen MR) is 130 cm³/mol. The minimum absolute atomic E-state index is 0.0557. The fourth-order valence-electron chi connectivity index (χ4n) is 3.99. The van der Waals surface area contributed by atoms with Crippen LogP contribution in [0.15, 0.2) is 30.3 Å². The Morgan fingerprint density at radius 3 is 2.39 bits per heavy atom. The van der Waals surface area contributed by atoms with Gasteiger partial charge in [0.2, 0.25) is 0 Å². The van der Waals surface area contributed by atoms with Crippen molar-refractivity contribution >= 4 is 22.4 Å². The van der Waals surface area contributed by atoms with Gasteiger partial charge in [0.25, 0.3) is 0 Å². The number of hydrogen-bond acceptors (Lipinski definition) is 8. The molecule has 2 aromatic carbocycles. The van der Waals surface area contributed by atoms with Crippen LogP contribution in [0.4, 0.5) is 5.69 Å². The van der Waals surface area contributed by atoms with Crippen molar-refractivity contribution in [2.75, 3.05) is 51.3 Å². The second-order valence-electron chi connectivity index (χ2n) is 7.36. The van der Waals surface area contributed by atoms with Crippen LogP contribution >= 0.6 is 0 Å². The van der Waals surface area contributed by atoms with Crippen LogP contribution in [0.5, 0.6) is 5.75 Å². The molecule has 0 unspecified atom stereocenters. The molecule has 0 fully saturated rings. The van der Waals surface area contributed by atoms with Crippen LogP contribution in [0.3, 0.4) is 0 Å². The van der Waals surface area contributed by atoms with Gasteiger partial charge in [-0.3, -0.25) is 9.48 Å². The molecule has 1 aliphatic rings. The number of ketones is 1. The Morgan fingerprint density at radius 1 is 0.939 bits per heavy atom. The van der Waals surface area contributed by atoms with E-state index in [4.69, 9.17) is 15.3 Å². The van der Waals surface area contributed by atoms with Crippen molar-refractivity contribution < 1.29 is 20.1 Å². The van der Waals surface area contributed by atoms with E-state index in [0.717, 1.165) is 10.9 Å². The van der Waals surface area contributed by atoms with Crippen molar-refractivity contribution in [3.63, 3.8) is 0 Å². The number of fused-ring (bicyclic) bond motifs is 2. The summed E-state index contributed by atoms with van der Waals surface area (Å²) in [5, 5.41) is 43.4. The number of aliphatic hydroxyl groups is 2. The largest absolute Gasteiger partial charge is 0.507 e. The third kappa shape index (κ3) is 5.01. The number of rotatable bonds is 11. The van der Waals surface area contributed by atoms with Crippen LogP contribution in [0.2, 0.25) is 0 Å². The second-order valence-corrected chi connectivity index (χ2v) is 7.36. The van der Waals surface area contributed by atoms with Crippen molar-refractivity contribution in [2.45, 2.75) is 13.5 Å². The van der Waals surface area contributed by atoms with Crippen LogP contribution in [0.25, 0.3) is 22.2 Å². The first-order valence-electron chi connectivity index (χ1n) is 11.2. The third-order valence-corrected chi connectivity index (χ3v) is 5.37. The van der Waals surface area contributed by atoms with Crippen LogP contribution in [-0.4, -0.2) is 76.8 Å². The average Bonchev–Trinajstić information content (AvgIpc) is 3.20. The number of aromatic nitrogens is 2. The van der Waals surface area contributed by atoms with Gasteiger partial charge >= 0.3 is 0 Å². The molecule has 0 amide bonds. The van der Waals surface area contributed by atoms with E-state index in [0.29, 0.717) is 61.8 Å². The van der Waals surface area contributed by atoms with Crippen molar-refractivity contribution in [3.05, 3.63) is 48.4 Å².